The van der Waals surface area contributed by atoms with E-state index in [2.05, 4.69) is 13.2 Å². The standard InChI is InChI=1S/C16H24O4/c1-6-7-13-12(10-14(17)19-13)9-8-11(2)15(18)20-16(3,4)5/h6,12-13H,1-2,7-10H2,3-5H3/t12-,13+/m1/s1. The number of hydrogen-bond acceptors (Lipinski definition) is 4. The van der Waals surface area contributed by atoms with Gasteiger partial charge in [0, 0.05) is 17.9 Å². The van der Waals surface area contributed by atoms with E-state index in [1.807, 2.05) is 20.8 Å². The van der Waals surface area contributed by atoms with E-state index in [1.165, 1.54) is 0 Å². The summed E-state index contributed by atoms with van der Waals surface area (Å²) in [6, 6.07) is 0. The zero-order valence-electron chi connectivity index (χ0n) is 12.6. The van der Waals surface area contributed by atoms with Crippen molar-refractivity contribution in [1.29, 1.82) is 0 Å². The lowest BCUT2D eigenvalue weighted by Crippen LogP contribution is -2.25. The lowest BCUT2D eigenvalue weighted by atomic mass is 9.92. The van der Waals surface area contributed by atoms with Gasteiger partial charge in [-0.3, -0.25) is 4.79 Å². The topological polar surface area (TPSA) is 52.6 Å². The molecule has 112 valence electrons. The molecule has 20 heavy (non-hydrogen) atoms. The highest BCUT2D eigenvalue weighted by Gasteiger charge is 2.33. The highest BCUT2D eigenvalue weighted by Crippen LogP contribution is 2.30. The van der Waals surface area contributed by atoms with E-state index in [9.17, 15) is 9.59 Å². The van der Waals surface area contributed by atoms with Crippen molar-refractivity contribution in [3.05, 3.63) is 24.8 Å². The van der Waals surface area contributed by atoms with Crippen LogP contribution in [0.5, 0.6) is 0 Å². The van der Waals surface area contributed by atoms with Gasteiger partial charge in [0.05, 0.1) is 6.42 Å². The monoisotopic (exact) mass is 280 g/mol. The van der Waals surface area contributed by atoms with Gasteiger partial charge in [0.1, 0.15) is 11.7 Å². The normalized spacial score (nSPS) is 22.2. The third-order valence-electron chi connectivity index (χ3n) is 3.14. The minimum absolute atomic E-state index is 0.119. The average molecular weight is 280 g/mol. The molecule has 4 heteroatoms. The Balaban J connectivity index is 2.45. The number of carbonyl (C=O) groups is 2. The van der Waals surface area contributed by atoms with Crippen molar-refractivity contribution in [3.63, 3.8) is 0 Å². The Kier molecular flexibility index (Phi) is 5.54. The van der Waals surface area contributed by atoms with Gasteiger partial charge in [-0.1, -0.05) is 12.7 Å². The minimum atomic E-state index is -0.516. The summed E-state index contributed by atoms with van der Waals surface area (Å²) in [5.41, 5.74) is -0.0747. The Hall–Kier alpha value is -1.58. The summed E-state index contributed by atoms with van der Waals surface area (Å²) >= 11 is 0. The Bertz CT molecular complexity index is 403. The minimum Gasteiger partial charge on any atom is -0.462 e. The second kappa shape index (κ2) is 6.73. The van der Waals surface area contributed by atoms with Gasteiger partial charge in [-0.25, -0.2) is 4.79 Å². The molecule has 0 unspecified atom stereocenters. The molecule has 0 spiro atoms. The molecule has 1 aliphatic rings. The highest BCUT2D eigenvalue weighted by atomic mass is 16.6. The molecular formula is C16H24O4. The summed E-state index contributed by atoms with van der Waals surface area (Å²) in [5, 5.41) is 0. The summed E-state index contributed by atoms with van der Waals surface area (Å²) in [4.78, 5) is 23.1. The molecule has 0 aliphatic carbocycles. The first-order valence-corrected chi connectivity index (χ1v) is 6.94. The molecular weight excluding hydrogens is 256 g/mol. The first-order valence-electron chi connectivity index (χ1n) is 6.94. The molecule has 1 heterocycles. The molecule has 0 aromatic rings. The van der Waals surface area contributed by atoms with Crippen molar-refractivity contribution in [2.45, 2.75) is 58.2 Å². The van der Waals surface area contributed by atoms with Crippen LogP contribution in [-0.2, 0) is 19.1 Å². The summed E-state index contributed by atoms with van der Waals surface area (Å²) in [6.45, 7) is 12.9. The smallest absolute Gasteiger partial charge is 0.333 e. The van der Waals surface area contributed by atoms with Gasteiger partial charge in [0.2, 0.25) is 0 Å². The van der Waals surface area contributed by atoms with Crippen LogP contribution in [-0.4, -0.2) is 23.6 Å². The van der Waals surface area contributed by atoms with Gasteiger partial charge in [-0.05, 0) is 33.6 Å². The summed E-state index contributed by atoms with van der Waals surface area (Å²) < 4.78 is 10.5. The van der Waals surface area contributed by atoms with Crippen LogP contribution >= 0.6 is 0 Å². The molecule has 0 aromatic carbocycles. The van der Waals surface area contributed by atoms with Gasteiger partial charge in [0.15, 0.2) is 0 Å². The Morgan fingerprint density at radius 2 is 2.15 bits per heavy atom. The van der Waals surface area contributed by atoms with Gasteiger partial charge in [-0.15, -0.1) is 6.58 Å². The van der Waals surface area contributed by atoms with Gasteiger partial charge < -0.3 is 9.47 Å². The van der Waals surface area contributed by atoms with Crippen LogP contribution in [0.1, 0.15) is 46.5 Å². The van der Waals surface area contributed by atoms with Crippen molar-refractivity contribution < 1.29 is 19.1 Å². The van der Waals surface area contributed by atoms with E-state index >= 15 is 0 Å². The maximum absolute atomic E-state index is 11.8. The van der Waals surface area contributed by atoms with E-state index in [-0.39, 0.29) is 24.0 Å². The van der Waals surface area contributed by atoms with Crippen molar-refractivity contribution in [3.8, 4) is 0 Å². The molecule has 1 fully saturated rings. The zero-order chi connectivity index (χ0) is 15.3. The number of ether oxygens (including phenoxy) is 2. The molecule has 1 rings (SSSR count). The maximum atomic E-state index is 11.8. The quantitative estimate of drug-likeness (QED) is 0.426. The van der Waals surface area contributed by atoms with Gasteiger partial charge >= 0.3 is 11.9 Å². The van der Waals surface area contributed by atoms with Gasteiger partial charge in [0.25, 0.3) is 0 Å². The lowest BCUT2D eigenvalue weighted by molar-refractivity contribution is -0.150. The predicted octanol–water partition coefficient (Wildman–Crippen LogP) is 3.17. The summed E-state index contributed by atoms with van der Waals surface area (Å²) in [5.74, 6) is -0.424. The van der Waals surface area contributed by atoms with Crippen molar-refractivity contribution in [1.82, 2.24) is 0 Å². The molecule has 0 saturated carbocycles. The average Bonchev–Trinajstić information content (AvgIpc) is 2.65. The van der Waals surface area contributed by atoms with E-state index in [1.54, 1.807) is 6.08 Å². The second-order valence-corrected chi connectivity index (χ2v) is 6.16. The summed E-state index contributed by atoms with van der Waals surface area (Å²) in [6.07, 6.45) is 3.90. The Morgan fingerprint density at radius 3 is 2.70 bits per heavy atom. The van der Waals surface area contributed by atoms with Crippen LogP contribution < -0.4 is 0 Å². The Labute approximate surface area is 120 Å². The number of esters is 2. The second-order valence-electron chi connectivity index (χ2n) is 6.16. The number of hydrogen-bond donors (Lipinski definition) is 0. The number of rotatable bonds is 6. The molecule has 1 aliphatic heterocycles. The molecule has 0 amide bonds. The molecule has 4 nitrogen and oxygen atoms in total. The Morgan fingerprint density at radius 1 is 1.50 bits per heavy atom. The zero-order valence-corrected chi connectivity index (χ0v) is 12.6. The van der Waals surface area contributed by atoms with Crippen LogP contribution in [0.25, 0.3) is 0 Å². The largest absolute Gasteiger partial charge is 0.462 e. The molecule has 0 aromatic heterocycles. The molecule has 2 atom stereocenters. The molecule has 0 bridgehead atoms. The first-order chi connectivity index (χ1) is 9.23. The third-order valence-corrected chi connectivity index (χ3v) is 3.14. The van der Waals surface area contributed by atoms with Crippen molar-refractivity contribution in [2.24, 2.45) is 5.92 Å². The van der Waals surface area contributed by atoms with Gasteiger partial charge in [-0.2, -0.15) is 0 Å². The number of cyclic esters (lactones) is 1. The fourth-order valence-electron chi connectivity index (χ4n) is 2.16. The number of carbonyl (C=O) groups excluding carboxylic acids is 2. The molecule has 0 N–H and O–H groups in total. The molecule has 1 saturated heterocycles. The highest BCUT2D eigenvalue weighted by molar-refractivity contribution is 5.87. The van der Waals surface area contributed by atoms with E-state index in [4.69, 9.17) is 9.47 Å². The van der Waals surface area contributed by atoms with Crippen LogP contribution in [0.2, 0.25) is 0 Å². The van der Waals surface area contributed by atoms with Crippen LogP contribution in [0.15, 0.2) is 24.8 Å². The summed E-state index contributed by atoms with van der Waals surface area (Å²) in [7, 11) is 0. The molecule has 0 radical (unpaired) electrons. The van der Waals surface area contributed by atoms with E-state index < -0.39 is 5.60 Å². The van der Waals surface area contributed by atoms with E-state index in [0.29, 0.717) is 31.3 Å². The van der Waals surface area contributed by atoms with Crippen molar-refractivity contribution >= 4 is 11.9 Å². The SMILES string of the molecule is C=CC[C@@H]1OC(=O)C[C@H]1CCC(=C)C(=O)OC(C)(C)C. The fourth-order valence-corrected chi connectivity index (χ4v) is 2.16. The van der Waals surface area contributed by atoms with Crippen LogP contribution in [0, 0.1) is 5.92 Å². The van der Waals surface area contributed by atoms with Crippen LogP contribution in [0.3, 0.4) is 0 Å². The third kappa shape index (κ3) is 5.19. The lowest BCUT2D eigenvalue weighted by Gasteiger charge is -2.21. The van der Waals surface area contributed by atoms with Crippen molar-refractivity contribution in [2.75, 3.05) is 0 Å². The van der Waals surface area contributed by atoms with Crippen LogP contribution in [0.4, 0.5) is 0 Å². The first kappa shape index (κ1) is 16.5. The van der Waals surface area contributed by atoms with E-state index in [0.717, 1.165) is 0 Å². The maximum Gasteiger partial charge on any atom is 0.333 e. The fraction of sp³-hybridized carbons (Fsp3) is 0.625. The predicted molar refractivity (Wildman–Crippen MR) is 77.0 cm³/mol.